The Morgan fingerprint density at radius 2 is 1.79 bits per heavy atom. The Labute approximate surface area is 197 Å². The minimum absolute atomic E-state index is 0.0705. The number of hydrogen-bond donors (Lipinski definition) is 0. The summed E-state index contributed by atoms with van der Waals surface area (Å²) in [5.41, 5.74) is 1.68. The highest BCUT2D eigenvalue weighted by Crippen LogP contribution is 2.48. The predicted molar refractivity (Wildman–Crippen MR) is 128 cm³/mol. The van der Waals surface area contributed by atoms with Gasteiger partial charge in [-0.2, -0.15) is 5.26 Å². The first-order valence-electron chi connectivity index (χ1n) is 12.6. The molecule has 0 bridgehead atoms. The molecule has 3 nitrogen and oxygen atoms in total. The van der Waals surface area contributed by atoms with Crippen molar-refractivity contribution in [2.24, 2.45) is 17.8 Å². The van der Waals surface area contributed by atoms with Crippen molar-refractivity contribution in [1.82, 2.24) is 0 Å². The Morgan fingerprint density at radius 3 is 2.52 bits per heavy atom. The number of rotatable bonds is 7. The third-order valence-corrected chi connectivity index (χ3v) is 7.83. The van der Waals surface area contributed by atoms with Crippen LogP contribution >= 0.6 is 0 Å². The number of hydrogen-bond acceptors (Lipinski definition) is 3. The van der Waals surface area contributed by atoms with Crippen molar-refractivity contribution >= 4 is 5.97 Å². The molecular formula is C29H34FNO2. The molecule has 0 radical (unpaired) electrons. The highest BCUT2D eigenvalue weighted by atomic mass is 19.1. The number of carbonyl (C=O) groups is 1. The lowest BCUT2D eigenvalue weighted by molar-refractivity contribution is 0.0734. The van der Waals surface area contributed by atoms with Crippen LogP contribution in [0.1, 0.15) is 98.5 Å². The molecule has 0 N–H and O–H groups in total. The minimum Gasteiger partial charge on any atom is -0.423 e. The summed E-state index contributed by atoms with van der Waals surface area (Å²) in [7, 11) is 0. The maximum absolute atomic E-state index is 13.8. The second kappa shape index (κ2) is 11.0. The number of fused-ring (bicyclic) bond motifs is 1. The number of nitriles is 1. The summed E-state index contributed by atoms with van der Waals surface area (Å²) in [6.07, 6.45) is 13.5. The summed E-state index contributed by atoms with van der Waals surface area (Å²) in [6.45, 7) is 2.28. The lowest BCUT2D eigenvalue weighted by atomic mass is 9.63. The zero-order chi connectivity index (χ0) is 23.2. The van der Waals surface area contributed by atoms with Gasteiger partial charge in [-0.25, -0.2) is 9.18 Å². The largest absolute Gasteiger partial charge is 0.423 e. The van der Waals surface area contributed by atoms with Crippen molar-refractivity contribution in [1.29, 1.82) is 5.26 Å². The van der Waals surface area contributed by atoms with E-state index in [1.54, 1.807) is 6.07 Å². The molecule has 2 fully saturated rings. The van der Waals surface area contributed by atoms with Gasteiger partial charge >= 0.3 is 5.97 Å². The number of unbranched alkanes of at least 4 members (excludes halogenated alkanes) is 2. The van der Waals surface area contributed by atoms with Crippen LogP contribution in [0, 0.1) is 34.9 Å². The van der Waals surface area contributed by atoms with Crippen LogP contribution in [-0.4, -0.2) is 5.97 Å². The van der Waals surface area contributed by atoms with Gasteiger partial charge in [0.05, 0.1) is 11.1 Å². The Hall–Kier alpha value is -2.67. The van der Waals surface area contributed by atoms with E-state index in [-0.39, 0.29) is 11.3 Å². The molecule has 0 aliphatic heterocycles. The quantitative estimate of drug-likeness (QED) is 0.247. The number of esters is 1. The molecule has 0 heterocycles. The van der Waals surface area contributed by atoms with Crippen molar-refractivity contribution in [3.63, 3.8) is 0 Å². The van der Waals surface area contributed by atoms with Gasteiger partial charge in [0.25, 0.3) is 0 Å². The highest BCUT2D eigenvalue weighted by Gasteiger charge is 2.35. The smallest absolute Gasteiger partial charge is 0.343 e. The van der Waals surface area contributed by atoms with Crippen molar-refractivity contribution in [3.05, 3.63) is 65.0 Å². The monoisotopic (exact) mass is 447 g/mol. The molecule has 2 aromatic carbocycles. The first-order valence-corrected chi connectivity index (χ1v) is 12.6. The number of halogens is 1. The average molecular weight is 448 g/mol. The second-order valence-corrected chi connectivity index (χ2v) is 9.97. The van der Waals surface area contributed by atoms with Crippen molar-refractivity contribution in [2.45, 2.75) is 77.0 Å². The third kappa shape index (κ3) is 5.82. The maximum Gasteiger partial charge on any atom is 0.343 e. The number of carbonyl (C=O) groups excluding carboxylic acids is 1. The molecule has 0 amide bonds. The summed E-state index contributed by atoms with van der Waals surface area (Å²) >= 11 is 0. The molecule has 4 rings (SSSR count). The molecule has 0 saturated heterocycles. The summed E-state index contributed by atoms with van der Waals surface area (Å²) in [4.78, 5) is 12.5. The molecule has 4 atom stereocenters. The molecular weight excluding hydrogens is 413 g/mol. The van der Waals surface area contributed by atoms with Crippen LogP contribution in [0.15, 0.2) is 42.5 Å². The summed E-state index contributed by atoms with van der Waals surface area (Å²) in [5.74, 6) is 2.17. The predicted octanol–water partition coefficient (Wildman–Crippen LogP) is 7.80. The molecule has 2 aliphatic carbocycles. The van der Waals surface area contributed by atoms with E-state index in [0.717, 1.165) is 23.8 Å². The van der Waals surface area contributed by atoms with Crippen molar-refractivity contribution < 1.29 is 13.9 Å². The normalized spacial score (nSPS) is 24.5. The third-order valence-electron chi connectivity index (χ3n) is 7.83. The molecule has 0 spiro atoms. The minimum atomic E-state index is -0.691. The van der Waals surface area contributed by atoms with E-state index in [4.69, 9.17) is 10.00 Å². The van der Waals surface area contributed by atoms with Crippen molar-refractivity contribution in [2.75, 3.05) is 0 Å². The van der Waals surface area contributed by atoms with E-state index in [1.807, 2.05) is 12.1 Å². The SMILES string of the molecule is CCCCCC1CCC2CC(c3ccc(C(=O)Oc4ccc(C#N)c(F)c4)cc3)CCC2C1. The van der Waals surface area contributed by atoms with E-state index in [9.17, 15) is 9.18 Å². The lowest BCUT2D eigenvalue weighted by Crippen LogP contribution is -2.30. The summed E-state index contributed by atoms with van der Waals surface area (Å²) in [6, 6.07) is 13.3. The Bertz CT molecular complexity index is 994. The van der Waals surface area contributed by atoms with Gasteiger partial charge in [-0.1, -0.05) is 51.2 Å². The van der Waals surface area contributed by atoms with Crippen LogP contribution in [0.25, 0.3) is 0 Å². The van der Waals surface area contributed by atoms with E-state index in [2.05, 4.69) is 19.1 Å². The molecule has 4 unspecified atom stereocenters. The van der Waals surface area contributed by atoms with Gasteiger partial charge in [0.1, 0.15) is 17.6 Å². The van der Waals surface area contributed by atoms with Gasteiger partial charge < -0.3 is 4.74 Å². The maximum atomic E-state index is 13.8. The molecule has 2 aliphatic rings. The van der Waals surface area contributed by atoms with E-state index in [0.29, 0.717) is 11.5 Å². The van der Waals surface area contributed by atoms with Crippen LogP contribution in [0.5, 0.6) is 5.75 Å². The topological polar surface area (TPSA) is 50.1 Å². The van der Waals surface area contributed by atoms with Gasteiger partial charge in [0, 0.05) is 6.07 Å². The summed E-state index contributed by atoms with van der Waals surface area (Å²) < 4.78 is 19.1. The first kappa shape index (κ1) is 23.5. The summed E-state index contributed by atoms with van der Waals surface area (Å²) in [5, 5.41) is 8.82. The lowest BCUT2D eigenvalue weighted by Gasteiger charge is -2.42. The zero-order valence-electron chi connectivity index (χ0n) is 19.6. The van der Waals surface area contributed by atoms with Crippen molar-refractivity contribution in [3.8, 4) is 11.8 Å². The number of benzene rings is 2. The van der Waals surface area contributed by atoms with Gasteiger partial charge in [0.2, 0.25) is 0 Å². The molecule has 2 saturated carbocycles. The van der Waals surface area contributed by atoms with Crippen LogP contribution in [0.3, 0.4) is 0 Å². The van der Waals surface area contributed by atoms with Crippen LogP contribution < -0.4 is 4.74 Å². The molecule has 4 heteroatoms. The average Bonchev–Trinajstić information content (AvgIpc) is 2.84. The fourth-order valence-electron chi connectivity index (χ4n) is 5.94. The second-order valence-electron chi connectivity index (χ2n) is 9.97. The molecule has 2 aromatic rings. The van der Waals surface area contributed by atoms with E-state index < -0.39 is 11.8 Å². The van der Waals surface area contributed by atoms with Gasteiger partial charge in [-0.05, 0) is 85.6 Å². The standard InChI is InChI=1S/C29H34FNO2/c1-2-3-4-5-20-6-7-25-17-24(13-12-23(25)16-20)21-8-10-22(11-9-21)29(32)33-27-15-14-26(19-31)28(30)18-27/h8-11,14-15,18,20,23-25H,2-7,12-13,16-17H2,1H3. The molecule has 33 heavy (non-hydrogen) atoms. The van der Waals surface area contributed by atoms with Crippen LogP contribution in [0.4, 0.5) is 4.39 Å². The van der Waals surface area contributed by atoms with Crippen LogP contribution in [0.2, 0.25) is 0 Å². The Kier molecular flexibility index (Phi) is 7.81. The Morgan fingerprint density at radius 1 is 1.03 bits per heavy atom. The fraction of sp³-hybridized carbons (Fsp3) is 0.517. The van der Waals surface area contributed by atoms with Crippen LogP contribution in [-0.2, 0) is 0 Å². The first-order chi connectivity index (χ1) is 16.1. The van der Waals surface area contributed by atoms with Gasteiger partial charge in [0.15, 0.2) is 0 Å². The Balaban J connectivity index is 1.31. The number of nitrogens with zero attached hydrogens (tertiary/aromatic N) is 1. The zero-order valence-corrected chi connectivity index (χ0v) is 19.6. The fourth-order valence-corrected chi connectivity index (χ4v) is 5.94. The molecule has 174 valence electrons. The number of ether oxygens (including phenoxy) is 1. The molecule has 0 aromatic heterocycles. The van der Waals surface area contributed by atoms with Gasteiger partial charge in [-0.15, -0.1) is 0 Å². The van der Waals surface area contributed by atoms with Gasteiger partial charge in [-0.3, -0.25) is 0 Å². The van der Waals surface area contributed by atoms with E-state index in [1.165, 1.54) is 81.9 Å². The highest BCUT2D eigenvalue weighted by molar-refractivity contribution is 5.91. The van der Waals surface area contributed by atoms with E-state index >= 15 is 0 Å².